The lowest BCUT2D eigenvalue weighted by atomic mass is 10.1. The highest BCUT2D eigenvalue weighted by molar-refractivity contribution is 5.59. The van der Waals surface area contributed by atoms with E-state index in [-0.39, 0.29) is 5.82 Å². The fourth-order valence-corrected chi connectivity index (χ4v) is 1.65. The van der Waals surface area contributed by atoms with Crippen LogP contribution in [0.5, 0.6) is 0 Å². The number of aromatic nitrogens is 2. The van der Waals surface area contributed by atoms with Crippen molar-refractivity contribution in [2.75, 3.05) is 0 Å². The molecule has 1 aromatic carbocycles. The Kier molecular flexibility index (Phi) is 3.63. The van der Waals surface area contributed by atoms with Gasteiger partial charge in [0, 0.05) is 24.6 Å². The average molecular weight is 241 g/mol. The van der Waals surface area contributed by atoms with E-state index in [1.807, 2.05) is 0 Å². The Bertz CT molecular complexity index is 602. The van der Waals surface area contributed by atoms with Crippen LogP contribution in [0.1, 0.15) is 17.8 Å². The predicted octanol–water partition coefficient (Wildman–Crippen LogP) is 3.05. The van der Waals surface area contributed by atoms with Crippen molar-refractivity contribution >= 4 is 0 Å². The molecule has 1 aromatic heterocycles. The van der Waals surface area contributed by atoms with Gasteiger partial charge < -0.3 is 0 Å². The number of rotatable bonds is 3. The zero-order chi connectivity index (χ0) is 13.0. The summed E-state index contributed by atoms with van der Waals surface area (Å²) < 4.78 is 13.2. The summed E-state index contributed by atoms with van der Waals surface area (Å²) in [5.41, 5.74) is 2.19. The zero-order valence-corrected chi connectivity index (χ0v) is 10.0. The first-order valence-electron chi connectivity index (χ1n) is 5.66. The van der Waals surface area contributed by atoms with E-state index in [0.717, 1.165) is 11.3 Å². The lowest BCUT2D eigenvalue weighted by molar-refractivity contribution is 0.618. The Morgan fingerprint density at radius 2 is 2.17 bits per heavy atom. The number of nitrogens with zero attached hydrogens (tertiary/aromatic N) is 3. The molecular weight excluding hydrogens is 229 g/mol. The zero-order valence-electron chi connectivity index (χ0n) is 10.0. The molecule has 0 radical (unpaired) electrons. The standard InChI is InChI=1S/C14H12FN3/c1-10-9-11(4-5-12(10)15)13-6-8-17-14(18-13)3-2-7-16/h4-6,8-9H,2-3H2,1H3. The summed E-state index contributed by atoms with van der Waals surface area (Å²) in [6, 6.07) is 8.72. The first-order chi connectivity index (χ1) is 8.70. The van der Waals surface area contributed by atoms with Crippen LogP contribution in [-0.2, 0) is 6.42 Å². The molecule has 0 fully saturated rings. The van der Waals surface area contributed by atoms with E-state index in [9.17, 15) is 4.39 Å². The molecule has 0 aliphatic heterocycles. The molecule has 2 aromatic rings. The van der Waals surface area contributed by atoms with Crippen molar-refractivity contribution in [2.45, 2.75) is 19.8 Å². The second-order valence-corrected chi connectivity index (χ2v) is 3.98. The van der Waals surface area contributed by atoms with Gasteiger partial charge in [0.25, 0.3) is 0 Å². The molecule has 4 heteroatoms. The summed E-state index contributed by atoms with van der Waals surface area (Å²) >= 11 is 0. The van der Waals surface area contributed by atoms with Gasteiger partial charge in [0.15, 0.2) is 0 Å². The molecule has 0 saturated carbocycles. The first kappa shape index (κ1) is 12.2. The van der Waals surface area contributed by atoms with E-state index < -0.39 is 0 Å². The van der Waals surface area contributed by atoms with Gasteiger partial charge in [-0.2, -0.15) is 5.26 Å². The molecule has 3 nitrogen and oxygen atoms in total. The van der Waals surface area contributed by atoms with E-state index in [1.165, 1.54) is 6.07 Å². The van der Waals surface area contributed by atoms with Gasteiger partial charge in [-0.25, -0.2) is 14.4 Å². The van der Waals surface area contributed by atoms with Gasteiger partial charge in [-0.05, 0) is 36.8 Å². The quantitative estimate of drug-likeness (QED) is 0.829. The lowest BCUT2D eigenvalue weighted by Gasteiger charge is -2.04. The van der Waals surface area contributed by atoms with E-state index in [0.29, 0.717) is 24.2 Å². The van der Waals surface area contributed by atoms with E-state index >= 15 is 0 Å². The molecule has 0 saturated heterocycles. The van der Waals surface area contributed by atoms with E-state index in [1.54, 1.807) is 31.3 Å². The highest BCUT2D eigenvalue weighted by Gasteiger charge is 2.04. The maximum atomic E-state index is 13.2. The van der Waals surface area contributed by atoms with Gasteiger partial charge in [0.2, 0.25) is 0 Å². The van der Waals surface area contributed by atoms with Crippen molar-refractivity contribution in [1.29, 1.82) is 5.26 Å². The van der Waals surface area contributed by atoms with Crippen LogP contribution in [0.4, 0.5) is 4.39 Å². The van der Waals surface area contributed by atoms with Crippen LogP contribution in [-0.4, -0.2) is 9.97 Å². The Hall–Kier alpha value is -2.28. The second-order valence-electron chi connectivity index (χ2n) is 3.98. The van der Waals surface area contributed by atoms with Crippen molar-refractivity contribution in [3.8, 4) is 17.3 Å². The van der Waals surface area contributed by atoms with Crippen molar-refractivity contribution in [2.24, 2.45) is 0 Å². The van der Waals surface area contributed by atoms with Crippen molar-refractivity contribution < 1.29 is 4.39 Å². The van der Waals surface area contributed by atoms with Crippen LogP contribution in [0.25, 0.3) is 11.3 Å². The number of halogens is 1. The van der Waals surface area contributed by atoms with Gasteiger partial charge in [0.05, 0.1) is 11.8 Å². The van der Waals surface area contributed by atoms with E-state index in [2.05, 4.69) is 16.0 Å². The molecule has 0 atom stereocenters. The minimum absolute atomic E-state index is 0.225. The van der Waals surface area contributed by atoms with Gasteiger partial charge in [-0.3, -0.25) is 0 Å². The summed E-state index contributed by atoms with van der Waals surface area (Å²) in [6.45, 7) is 1.72. The average Bonchev–Trinajstić information content (AvgIpc) is 2.40. The van der Waals surface area contributed by atoms with Crippen molar-refractivity contribution in [3.63, 3.8) is 0 Å². The summed E-state index contributed by atoms with van der Waals surface area (Å²) in [5, 5.41) is 8.53. The molecule has 0 unspecified atom stereocenters. The normalized spacial score (nSPS) is 10.1. The van der Waals surface area contributed by atoms with Gasteiger partial charge in [-0.15, -0.1) is 0 Å². The molecule has 0 spiro atoms. The highest BCUT2D eigenvalue weighted by Crippen LogP contribution is 2.19. The maximum Gasteiger partial charge on any atom is 0.129 e. The summed E-state index contributed by atoms with van der Waals surface area (Å²) in [5.74, 6) is 0.411. The fourth-order valence-electron chi connectivity index (χ4n) is 1.65. The van der Waals surface area contributed by atoms with Crippen molar-refractivity contribution in [1.82, 2.24) is 9.97 Å². The van der Waals surface area contributed by atoms with Crippen LogP contribution in [0.3, 0.4) is 0 Å². The van der Waals surface area contributed by atoms with Gasteiger partial charge in [0.1, 0.15) is 11.6 Å². The Balaban J connectivity index is 2.32. The maximum absolute atomic E-state index is 13.2. The largest absolute Gasteiger partial charge is 0.241 e. The first-order valence-corrected chi connectivity index (χ1v) is 5.66. The van der Waals surface area contributed by atoms with E-state index in [4.69, 9.17) is 5.26 Å². The van der Waals surface area contributed by atoms with Crippen LogP contribution < -0.4 is 0 Å². The molecule has 90 valence electrons. The van der Waals surface area contributed by atoms with Gasteiger partial charge >= 0.3 is 0 Å². The van der Waals surface area contributed by atoms with Gasteiger partial charge in [-0.1, -0.05) is 0 Å². The molecule has 2 rings (SSSR count). The summed E-state index contributed by atoms with van der Waals surface area (Å²) in [7, 11) is 0. The molecular formula is C14H12FN3. The minimum Gasteiger partial charge on any atom is -0.241 e. The Morgan fingerprint density at radius 1 is 1.33 bits per heavy atom. The van der Waals surface area contributed by atoms with Crippen LogP contribution in [0.15, 0.2) is 30.5 Å². The number of hydrogen-bond donors (Lipinski definition) is 0. The molecule has 18 heavy (non-hydrogen) atoms. The van der Waals surface area contributed by atoms with Crippen LogP contribution >= 0.6 is 0 Å². The number of benzene rings is 1. The monoisotopic (exact) mass is 241 g/mol. The smallest absolute Gasteiger partial charge is 0.129 e. The number of hydrogen-bond acceptors (Lipinski definition) is 3. The van der Waals surface area contributed by atoms with Crippen molar-refractivity contribution in [3.05, 3.63) is 47.7 Å². The van der Waals surface area contributed by atoms with Crippen LogP contribution in [0.2, 0.25) is 0 Å². The highest BCUT2D eigenvalue weighted by atomic mass is 19.1. The topological polar surface area (TPSA) is 49.6 Å². The third-order valence-corrected chi connectivity index (χ3v) is 2.62. The molecule has 0 aliphatic rings. The molecule has 1 heterocycles. The number of nitriles is 1. The second kappa shape index (κ2) is 5.37. The third kappa shape index (κ3) is 2.69. The fraction of sp³-hybridized carbons (Fsp3) is 0.214. The summed E-state index contributed by atoms with van der Waals surface area (Å²) in [6.07, 6.45) is 2.59. The molecule has 0 aliphatic carbocycles. The third-order valence-electron chi connectivity index (χ3n) is 2.62. The summed E-state index contributed by atoms with van der Waals surface area (Å²) in [4.78, 5) is 8.47. The Labute approximate surface area is 105 Å². The SMILES string of the molecule is Cc1cc(-c2ccnc(CCC#N)n2)ccc1F. The number of aryl methyl sites for hydroxylation is 2. The molecule has 0 bridgehead atoms. The van der Waals surface area contributed by atoms with Crippen LogP contribution in [0, 0.1) is 24.1 Å². The Morgan fingerprint density at radius 3 is 2.89 bits per heavy atom. The minimum atomic E-state index is -0.225. The lowest BCUT2D eigenvalue weighted by Crippen LogP contribution is -1.96. The molecule has 0 N–H and O–H groups in total. The molecule has 0 amide bonds. The predicted molar refractivity (Wildman–Crippen MR) is 66.1 cm³/mol.